The van der Waals surface area contributed by atoms with Gasteiger partial charge >= 0.3 is 0 Å². The summed E-state index contributed by atoms with van der Waals surface area (Å²) in [4.78, 5) is 31.0. The van der Waals surface area contributed by atoms with E-state index < -0.39 is 23.3 Å². The lowest BCUT2D eigenvalue weighted by atomic mass is 10.0. The van der Waals surface area contributed by atoms with Gasteiger partial charge in [0.1, 0.15) is 18.4 Å². The van der Waals surface area contributed by atoms with Gasteiger partial charge < -0.3 is 19.7 Å². The third-order valence-electron chi connectivity index (χ3n) is 5.84. The van der Waals surface area contributed by atoms with Crippen molar-refractivity contribution in [2.75, 3.05) is 14.2 Å². The molecule has 12 heteroatoms. The molecule has 2 amide bonds. The first kappa shape index (κ1) is 28.7. The van der Waals surface area contributed by atoms with Crippen LogP contribution in [-0.4, -0.2) is 56.7 Å². The van der Waals surface area contributed by atoms with E-state index in [0.717, 1.165) is 4.88 Å². The molecule has 1 N–H and O–H groups in total. The maximum Gasteiger partial charge on any atom is 0.247 e. The zero-order chi connectivity index (χ0) is 28.9. The molecule has 0 radical (unpaired) electrons. The number of carbonyl (C=O) groups is 2. The Bertz CT molecular complexity index is 1450. The molecule has 2 aromatic carbocycles. The topological polar surface area (TPSA) is 111 Å². The molecule has 0 saturated carbocycles. The average Bonchev–Trinajstić information content (AvgIpc) is 3.60. The van der Waals surface area contributed by atoms with Gasteiger partial charge in [0.25, 0.3) is 0 Å². The van der Waals surface area contributed by atoms with Crippen LogP contribution in [-0.2, 0) is 22.7 Å². The van der Waals surface area contributed by atoms with Crippen LogP contribution in [0.4, 0.5) is 4.39 Å². The fourth-order valence-electron chi connectivity index (χ4n) is 4.06. The molecule has 40 heavy (non-hydrogen) atoms. The molecule has 0 aliphatic heterocycles. The van der Waals surface area contributed by atoms with Crippen LogP contribution in [0.15, 0.2) is 60.0 Å². The highest BCUT2D eigenvalue weighted by Crippen LogP contribution is 2.31. The van der Waals surface area contributed by atoms with Crippen LogP contribution in [0, 0.1) is 5.82 Å². The molecule has 0 bridgehead atoms. The van der Waals surface area contributed by atoms with Gasteiger partial charge in [-0.05, 0) is 73.3 Å². The molecular formula is C28H31FN6O4S. The molecule has 4 aromatic rings. The summed E-state index contributed by atoms with van der Waals surface area (Å²) in [5.74, 6) is 0.105. The number of nitrogens with zero attached hydrogens (tertiary/aromatic N) is 5. The smallest absolute Gasteiger partial charge is 0.247 e. The van der Waals surface area contributed by atoms with Crippen molar-refractivity contribution in [3.8, 4) is 22.9 Å². The number of benzene rings is 2. The zero-order valence-electron chi connectivity index (χ0n) is 22.9. The van der Waals surface area contributed by atoms with Crippen molar-refractivity contribution >= 4 is 23.2 Å². The minimum atomic E-state index is -1.02. The molecule has 1 atom stereocenters. The summed E-state index contributed by atoms with van der Waals surface area (Å²) >= 11 is 1.46. The van der Waals surface area contributed by atoms with E-state index in [-0.39, 0.29) is 19.0 Å². The van der Waals surface area contributed by atoms with Crippen molar-refractivity contribution in [3.05, 3.63) is 76.2 Å². The van der Waals surface area contributed by atoms with Crippen LogP contribution in [0.3, 0.4) is 0 Å². The van der Waals surface area contributed by atoms with E-state index in [4.69, 9.17) is 9.47 Å². The van der Waals surface area contributed by atoms with Crippen LogP contribution in [0.5, 0.6) is 11.5 Å². The summed E-state index contributed by atoms with van der Waals surface area (Å²) < 4.78 is 24.4. The van der Waals surface area contributed by atoms with Gasteiger partial charge in [-0.25, -0.2) is 4.39 Å². The first-order chi connectivity index (χ1) is 19.1. The predicted octanol–water partition coefficient (Wildman–Crippen LogP) is 4.24. The SMILES string of the molecule is COc1ccc(-c2nnn(CC(=O)N(Cc3cccs3)[C@@H](C(=O)NC(C)(C)C)c3ccc(F)cc3)n2)cc1OC. The first-order valence-corrected chi connectivity index (χ1v) is 13.4. The molecule has 0 unspecified atom stereocenters. The molecule has 0 aliphatic carbocycles. The highest BCUT2D eigenvalue weighted by molar-refractivity contribution is 7.09. The Hall–Kier alpha value is -4.32. The van der Waals surface area contributed by atoms with E-state index in [2.05, 4.69) is 20.7 Å². The fourth-order valence-corrected chi connectivity index (χ4v) is 4.77. The molecule has 210 valence electrons. The molecule has 10 nitrogen and oxygen atoms in total. The van der Waals surface area contributed by atoms with Crippen molar-refractivity contribution in [2.45, 2.75) is 45.4 Å². The minimum Gasteiger partial charge on any atom is -0.493 e. The van der Waals surface area contributed by atoms with E-state index in [0.29, 0.717) is 28.5 Å². The number of ether oxygens (including phenoxy) is 2. The first-order valence-electron chi connectivity index (χ1n) is 12.5. The van der Waals surface area contributed by atoms with Crippen molar-refractivity contribution in [1.29, 1.82) is 0 Å². The van der Waals surface area contributed by atoms with Crippen LogP contribution in [0.25, 0.3) is 11.4 Å². The lowest BCUT2D eigenvalue weighted by molar-refractivity contribution is -0.143. The number of aromatic nitrogens is 4. The van der Waals surface area contributed by atoms with Crippen LogP contribution in [0.2, 0.25) is 0 Å². The van der Waals surface area contributed by atoms with Gasteiger partial charge in [0.2, 0.25) is 17.6 Å². The van der Waals surface area contributed by atoms with Crippen LogP contribution >= 0.6 is 11.3 Å². The fraction of sp³-hybridized carbons (Fsp3) is 0.321. The second kappa shape index (κ2) is 12.2. The number of hydrogen-bond donors (Lipinski definition) is 1. The standard InChI is InChI=1S/C28H31FN6O4S/c1-28(2,3)30-27(37)25(18-8-11-20(29)12-9-18)34(16-21-7-6-14-40-21)24(36)17-35-32-26(31-33-35)19-10-13-22(38-4)23(15-19)39-5/h6-15,25H,16-17H2,1-5H3,(H,30,37)/t25-/m1/s1. The van der Waals surface area contributed by atoms with Gasteiger partial charge in [-0.15, -0.1) is 21.5 Å². The normalized spacial score (nSPS) is 12.1. The van der Waals surface area contributed by atoms with Gasteiger partial charge in [-0.2, -0.15) is 4.80 Å². The number of amides is 2. The van der Waals surface area contributed by atoms with Crippen molar-refractivity contribution < 1.29 is 23.5 Å². The Morgan fingerprint density at radius 1 is 1.07 bits per heavy atom. The summed E-state index contributed by atoms with van der Waals surface area (Å²) in [6.45, 7) is 5.45. The number of halogens is 1. The second-order valence-corrected chi connectivity index (χ2v) is 11.0. The van der Waals surface area contributed by atoms with Crippen LogP contribution < -0.4 is 14.8 Å². The minimum absolute atomic E-state index is 0.160. The van der Waals surface area contributed by atoms with E-state index in [1.807, 2.05) is 38.3 Å². The van der Waals surface area contributed by atoms with Crippen molar-refractivity contribution in [1.82, 2.24) is 30.4 Å². The van der Waals surface area contributed by atoms with Gasteiger partial charge in [0.05, 0.1) is 20.8 Å². The number of rotatable bonds is 10. The lowest BCUT2D eigenvalue weighted by Gasteiger charge is -2.33. The van der Waals surface area contributed by atoms with Crippen LogP contribution in [0.1, 0.15) is 37.3 Å². The number of nitrogens with one attached hydrogen (secondary N) is 1. The average molecular weight is 567 g/mol. The van der Waals surface area contributed by atoms with Gasteiger partial charge in [0.15, 0.2) is 11.5 Å². The number of carbonyl (C=O) groups excluding carboxylic acids is 2. The van der Waals surface area contributed by atoms with Crippen molar-refractivity contribution in [3.63, 3.8) is 0 Å². The largest absolute Gasteiger partial charge is 0.493 e. The predicted molar refractivity (Wildman–Crippen MR) is 148 cm³/mol. The maximum absolute atomic E-state index is 13.8. The highest BCUT2D eigenvalue weighted by atomic mass is 32.1. The van der Waals surface area contributed by atoms with Crippen molar-refractivity contribution in [2.24, 2.45) is 0 Å². The molecule has 2 heterocycles. The second-order valence-electron chi connectivity index (χ2n) is 10.0. The molecule has 0 aliphatic rings. The summed E-state index contributed by atoms with van der Waals surface area (Å²) in [7, 11) is 3.07. The Morgan fingerprint density at radius 3 is 2.42 bits per heavy atom. The summed E-state index contributed by atoms with van der Waals surface area (Å²) in [5.41, 5.74) is 0.542. The van der Waals surface area contributed by atoms with Gasteiger partial charge in [-0.3, -0.25) is 9.59 Å². The molecule has 0 fully saturated rings. The Morgan fingerprint density at radius 2 is 1.80 bits per heavy atom. The maximum atomic E-state index is 13.8. The van der Waals surface area contributed by atoms with Gasteiger partial charge in [-0.1, -0.05) is 18.2 Å². The third kappa shape index (κ3) is 7.00. The van der Waals surface area contributed by atoms with E-state index in [1.54, 1.807) is 25.3 Å². The number of tetrazole rings is 1. The summed E-state index contributed by atoms with van der Waals surface area (Å²) in [5, 5.41) is 17.4. The van der Waals surface area contributed by atoms with E-state index in [9.17, 15) is 14.0 Å². The Labute approximate surface area is 235 Å². The quantitative estimate of drug-likeness (QED) is 0.306. The molecule has 0 spiro atoms. The number of methoxy groups -OCH3 is 2. The zero-order valence-corrected chi connectivity index (χ0v) is 23.7. The molecular weight excluding hydrogens is 535 g/mol. The molecule has 4 rings (SSSR count). The summed E-state index contributed by atoms with van der Waals surface area (Å²) in [6, 6.07) is 13.5. The van der Waals surface area contributed by atoms with E-state index in [1.165, 1.54) is 52.4 Å². The lowest BCUT2D eigenvalue weighted by Crippen LogP contribution is -2.49. The number of thiophene rings is 1. The number of hydrogen-bond acceptors (Lipinski definition) is 8. The monoisotopic (exact) mass is 566 g/mol. The Balaban J connectivity index is 1.66. The van der Waals surface area contributed by atoms with E-state index >= 15 is 0 Å². The molecule has 2 aromatic heterocycles. The molecule has 0 saturated heterocycles. The summed E-state index contributed by atoms with van der Waals surface area (Å²) in [6.07, 6.45) is 0. The van der Waals surface area contributed by atoms with Gasteiger partial charge in [0, 0.05) is 16.0 Å². The third-order valence-corrected chi connectivity index (χ3v) is 6.70. The highest BCUT2D eigenvalue weighted by Gasteiger charge is 2.34. The Kier molecular flexibility index (Phi) is 8.78.